The van der Waals surface area contributed by atoms with Gasteiger partial charge in [0.2, 0.25) is 0 Å². The Morgan fingerprint density at radius 2 is 2.09 bits per heavy atom. The van der Waals surface area contributed by atoms with Gasteiger partial charge in [0.05, 0.1) is 23.7 Å². The molecule has 1 aromatic heterocycles. The van der Waals surface area contributed by atoms with Crippen molar-refractivity contribution >= 4 is 21.7 Å². The molecule has 0 fully saturated rings. The Bertz CT molecular complexity index is 672. The highest BCUT2D eigenvalue weighted by atomic mass is 79.9. The van der Waals surface area contributed by atoms with Crippen molar-refractivity contribution in [2.45, 2.75) is 33.3 Å². The maximum Gasteiger partial charge on any atom is 0.166 e. The van der Waals surface area contributed by atoms with E-state index >= 15 is 0 Å². The van der Waals surface area contributed by atoms with E-state index in [4.69, 9.17) is 4.74 Å². The number of halogens is 1. The molecule has 0 spiro atoms. The van der Waals surface area contributed by atoms with Crippen LogP contribution in [0.4, 0.5) is 0 Å². The topological polar surface area (TPSA) is 72.3 Å². The summed E-state index contributed by atoms with van der Waals surface area (Å²) in [4.78, 5) is 20.2. The number of hydrogen-bond donors (Lipinski definition) is 1. The standard InChI is InChI=1S/C16H17BrN2O3/c1-3-4-13(20)12-5-6-14(10(2)16(12)21)22-9-11-7-19-15(17)8-18-11/h5-8,21H,3-4,9H2,1-2H3. The number of carbonyl (C=O) groups is 1. The molecular formula is C16H17BrN2O3. The number of benzene rings is 1. The highest BCUT2D eigenvalue weighted by Gasteiger charge is 2.15. The van der Waals surface area contributed by atoms with Gasteiger partial charge in [-0.05, 0) is 41.4 Å². The lowest BCUT2D eigenvalue weighted by Gasteiger charge is -2.12. The van der Waals surface area contributed by atoms with Crippen LogP contribution in [0, 0.1) is 6.92 Å². The van der Waals surface area contributed by atoms with E-state index in [1.54, 1.807) is 31.5 Å². The van der Waals surface area contributed by atoms with Crippen LogP contribution in [0.2, 0.25) is 0 Å². The summed E-state index contributed by atoms with van der Waals surface area (Å²) in [6.45, 7) is 3.89. The fourth-order valence-electron chi connectivity index (χ4n) is 1.99. The van der Waals surface area contributed by atoms with Crippen LogP contribution < -0.4 is 4.74 Å². The first kappa shape index (κ1) is 16.4. The van der Waals surface area contributed by atoms with Crippen molar-refractivity contribution in [2.24, 2.45) is 0 Å². The normalized spacial score (nSPS) is 10.5. The lowest BCUT2D eigenvalue weighted by atomic mass is 10.0. The lowest BCUT2D eigenvalue weighted by molar-refractivity contribution is 0.0979. The highest BCUT2D eigenvalue weighted by Crippen LogP contribution is 2.31. The minimum Gasteiger partial charge on any atom is -0.507 e. The number of nitrogens with zero attached hydrogens (tertiary/aromatic N) is 2. The maximum atomic E-state index is 11.9. The number of hydrogen-bond acceptors (Lipinski definition) is 5. The average molecular weight is 365 g/mol. The summed E-state index contributed by atoms with van der Waals surface area (Å²) >= 11 is 3.22. The average Bonchev–Trinajstić information content (AvgIpc) is 2.50. The van der Waals surface area contributed by atoms with Crippen molar-refractivity contribution < 1.29 is 14.6 Å². The van der Waals surface area contributed by atoms with Gasteiger partial charge in [-0.1, -0.05) is 6.92 Å². The molecule has 5 nitrogen and oxygen atoms in total. The zero-order chi connectivity index (χ0) is 16.1. The van der Waals surface area contributed by atoms with Gasteiger partial charge in [-0.25, -0.2) is 4.98 Å². The number of ketones is 1. The molecule has 0 atom stereocenters. The summed E-state index contributed by atoms with van der Waals surface area (Å²) < 4.78 is 6.31. The van der Waals surface area contributed by atoms with Crippen LogP contribution in [0.25, 0.3) is 0 Å². The first-order valence-corrected chi connectivity index (χ1v) is 7.77. The van der Waals surface area contributed by atoms with Crippen LogP contribution in [-0.2, 0) is 6.61 Å². The van der Waals surface area contributed by atoms with Crippen molar-refractivity contribution in [3.8, 4) is 11.5 Å². The molecule has 0 aliphatic rings. The van der Waals surface area contributed by atoms with Crippen molar-refractivity contribution in [1.29, 1.82) is 0 Å². The fourth-order valence-corrected chi connectivity index (χ4v) is 2.19. The molecule has 0 amide bonds. The van der Waals surface area contributed by atoms with Crippen LogP contribution >= 0.6 is 15.9 Å². The molecule has 2 rings (SSSR count). The Morgan fingerprint density at radius 3 is 2.73 bits per heavy atom. The zero-order valence-electron chi connectivity index (χ0n) is 12.5. The van der Waals surface area contributed by atoms with E-state index in [-0.39, 0.29) is 18.1 Å². The van der Waals surface area contributed by atoms with Gasteiger partial charge in [-0.3, -0.25) is 9.78 Å². The number of phenols is 1. The molecule has 6 heteroatoms. The summed E-state index contributed by atoms with van der Waals surface area (Å²) in [5.74, 6) is 0.446. The molecule has 0 aliphatic heterocycles. The molecular weight excluding hydrogens is 348 g/mol. The smallest absolute Gasteiger partial charge is 0.166 e. The third-order valence-electron chi connectivity index (χ3n) is 3.21. The van der Waals surface area contributed by atoms with Gasteiger partial charge in [0.15, 0.2) is 5.78 Å². The largest absolute Gasteiger partial charge is 0.507 e. The van der Waals surface area contributed by atoms with Crippen molar-refractivity contribution in [1.82, 2.24) is 9.97 Å². The summed E-state index contributed by atoms with van der Waals surface area (Å²) in [5.41, 5.74) is 1.57. The van der Waals surface area contributed by atoms with E-state index in [9.17, 15) is 9.90 Å². The quantitative estimate of drug-likeness (QED) is 0.788. The maximum absolute atomic E-state index is 11.9. The van der Waals surface area contributed by atoms with Gasteiger partial charge in [-0.2, -0.15) is 0 Å². The molecule has 0 aliphatic carbocycles. The van der Waals surface area contributed by atoms with Crippen molar-refractivity contribution in [3.05, 3.63) is 46.0 Å². The zero-order valence-corrected chi connectivity index (χ0v) is 14.1. The van der Waals surface area contributed by atoms with Gasteiger partial charge in [0.25, 0.3) is 0 Å². The van der Waals surface area contributed by atoms with Crippen LogP contribution in [-0.4, -0.2) is 20.9 Å². The molecule has 0 saturated heterocycles. The third kappa shape index (κ3) is 3.82. The lowest BCUT2D eigenvalue weighted by Crippen LogP contribution is -2.03. The Hall–Kier alpha value is -1.95. The number of Topliss-reactive ketones (excluding diaryl/α,β-unsaturated/α-hetero) is 1. The van der Waals surface area contributed by atoms with Gasteiger partial charge in [-0.15, -0.1) is 0 Å². The predicted molar refractivity (Wildman–Crippen MR) is 86.1 cm³/mol. The summed E-state index contributed by atoms with van der Waals surface area (Å²) in [7, 11) is 0. The van der Waals surface area contributed by atoms with Gasteiger partial charge in [0.1, 0.15) is 22.7 Å². The second kappa shape index (κ2) is 7.35. The van der Waals surface area contributed by atoms with E-state index in [2.05, 4.69) is 25.9 Å². The number of rotatable bonds is 6. The Kier molecular flexibility index (Phi) is 5.49. The number of carbonyl (C=O) groups excluding carboxylic acids is 1. The molecule has 0 saturated carbocycles. The molecule has 116 valence electrons. The number of aromatic hydroxyl groups is 1. The first-order chi connectivity index (χ1) is 10.5. The molecule has 0 unspecified atom stereocenters. The van der Waals surface area contributed by atoms with Gasteiger partial charge < -0.3 is 9.84 Å². The van der Waals surface area contributed by atoms with Crippen molar-refractivity contribution in [3.63, 3.8) is 0 Å². The molecule has 0 radical (unpaired) electrons. The molecule has 22 heavy (non-hydrogen) atoms. The van der Waals surface area contributed by atoms with Crippen LogP contribution in [0.5, 0.6) is 11.5 Å². The monoisotopic (exact) mass is 364 g/mol. The third-order valence-corrected chi connectivity index (χ3v) is 3.62. The number of ether oxygens (including phenoxy) is 1. The molecule has 1 N–H and O–H groups in total. The van der Waals surface area contributed by atoms with E-state index in [1.807, 2.05) is 6.92 Å². The van der Waals surface area contributed by atoms with E-state index in [0.717, 1.165) is 6.42 Å². The number of aromatic nitrogens is 2. The SMILES string of the molecule is CCCC(=O)c1ccc(OCc2cnc(Br)cn2)c(C)c1O. The predicted octanol–water partition coefficient (Wildman–Crippen LogP) is 3.81. The van der Waals surface area contributed by atoms with E-state index in [0.29, 0.717) is 33.6 Å². The Morgan fingerprint density at radius 1 is 1.32 bits per heavy atom. The molecule has 1 aromatic carbocycles. The molecule has 0 bridgehead atoms. The fraction of sp³-hybridized carbons (Fsp3) is 0.312. The van der Waals surface area contributed by atoms with E-state index < -0.39 is 0 Å². The first-order valence-electron chi connectivity index (χ1n) is 6.98. The van der Waals surface area contributed by atoms with Crippen LogP contribution in [0.3, 0.4) is 0 Å². The highest BCUT2D eigenvalue weighted by molar-refractivity contribution is 9.10. The van der Waals surface area contributed by atoms with Crippen LogP contribution in [0.15, 0.2) is 29.1 Å². The second-order valence-electron chi connectivity index (χ2n) is 4.88. The Labute approximate surface area is 137 Å². The van der Waals surface area contributed by atoms with E-state index in [1.165, 1.54) is 0 Å². The minimum absolute atomic E-state index is 0.0159. The van der Waals surface area contributed by atoms with Gasteiger partial charge >= 0.3 is 0 Å². The second-order valence-corrected chi connectivity index (χ2v) is 5.69. The molecule has 1 heterocycles. The summed E-state index contributed by atoms with van der Waals surface area (Å²) in [5, 5.41) is 10.2. The van der Waals surface area contributed by atoms with Crippen LogP contribution in [0.1, 0.15) is 41.4 Å². The minimum atomic E-state index is -0.0616. The molecule has 2 aromatic rings. The Balaban J connectivity index is 2.13. The summed E-state index contributed by atoms with van der Waals surface area (Å²) in [6.07, 6.45) is 4.37. The van der Waals surface area contributed by atoms with Gasteiger partial charge in [0, 0.05) is 12.0 Å². The number of phenolic OH excluding ortho intramolecular Hbond substituents is 1. The summed E-state index contributed by atoms with van der Waals surface area (Å²) in [6, 6.07) is 3.30. The van der Waals surface area contributed by atoms with Crippen molar-refractivity contribution in [2.75, 3.05) is 0 Å².